The van der Waals surface area contributed by atoms with Crippen molar-refractivity contribution >= 4 is 0 Å². The van der Waals surface area contributed by atoms with Crippen LogP contribution >= 0.6 is 0 Å². The van der Waals surface area contributed by atoms with E-state index in [2.05, 4.69) is 61.2 Å². The first-order chi connectivity index (χ1) is 9.69. The SMILES string of the molecule is CCNCC1CC(c2ccc(OCC(C)C)cc2)NN1. The van der Waals surface area contributed by atoms with Gasteiger partial charge in [-0.15, -0.1) is 0 Å². The number of hydrazine groups is 1. The average Bonchev–Trinajstić information content (AvgIpc) is 2.92. The van der Waals surface area contributed by atoms with E-state index in [-0.39, 0.29) is 0 Å². The Morgan fingerprint density at radius 1 is 1.25 bits per heavy atom. The molecule has 3 N–H and O–H groups in total. The van der Waals surface area contributed by atoms with E-state index in [1.807, 2.05) is 0 Å². The van der Waals surface area contributed by atoms with E-state index < -0.39 is 0 Å². The van der Waals surface area contributed by atoms with Gasteiger partial charge in [-0.05, 0) is 36.6 Å². The highest BCUT2D eigenvalue weighted by Gasteiger charge is 2.24. The molecule has 1 saturated heterocycles. The molecule has 4 heteroatoms. The lowest BCUT2D eigenvalue weighted by Crippen LogP contribution is -2.37. The highest BCUT2D eigenvalue weighted by Crippen LogP contribution is 2.24. The van der Waals surface area contributed by atoms with Crippen LogP contribution in [0.2, 0.25) is 0 Å². The third-order valence-corrected chi connectivity index (χ3v) is 3.49. The summed E-state index contributed by atoms with van der Waals surface area (Å²) in [5.41, 5.74) is 8.04. The Hall–Kier alpha value is -1.10. The lowest BCUT2D eigenvalue weighted by Gasteiger charge is -2.12. The zero-order valence-electron chi connectivity index (χ0n) is 12.8. The Balaban J connectivity index is 1.84. The monoisotopic (exact) mass is 277 g/mol. The van der Waals surface area contributed by atoms with E-state index in [0.29, 0.717) is 18.0 Å². The van der Waals surface area contributed by atoms with E-state index in [0.717, 1.165) is 31.9 Å². The lowest BCUT2D eigenvalue weighted by atomic mass is 10.0. The van der Waals surface area contributed by atoms with Crippen molar-refractivity contribution < 1.29 is 4.74 Å². The minimum absolute atomic E-state index is 0.387. The first kappa shape index (κ1) is 15.3. The second kappa shape index (κ2) is 7.62. The van der Waals surface area contributed by atoms with Crippen molar-refractivity contribution in [3.63, 3.8) is 0 Å². The molecule has 112 valence electrons. The fourth-order valence-electron chi connectivity index (χ4n) is 2.35. The van der Waals surface area contributed by atoms with Crippen LogP contribution in [-0.4, -0.2) is 25.7 Å². The molecule has 0 radical (unpaired) electrons. The molecule has 0 aromatic heterocycles. The highest BCUT2D eigenvalue weighted by atomic mass is 16.5. The van der Waals surface area contributed by atoms with Gasteiger partial charge in [0.05, 0.1) is 6.61 Å². The van der Waals surface area contributed by atoms with Crippen molar-refractivity contribution in [2.75, 3.05) is 19.7 Å². The topological polar surface area (TPSA) is 45.3 Å². The van der Waals surface area contributed by atoms with Gasteiger partial charge in [-0.2, -0.15) is 0 Å². The summed E-state index contributed by atoms with van der Waals surface area (Å²) in [7, 11) is 0. The molecule has 1 heterocycles. The standard InChI is InChI=1S/C16H27N3O/c1-4-17-10-14-9-16(19-18-14)13-5-7-15(8-6-13)20-11-12(2)3/h5-8,12,14,16-19H,4,9-11H2,1-3H3. The molecule has 1 aliphatic heterocycles. The molecule has 1 fully saturated rings. The molecule has 0 aliphatic carbocycles. The Kier molecular flexibility index (Phi) is 5.83. The van der Waals surface area contributed by atoms with Gasteiger partial charge in [0.15, 0.2) is 0 Å². The summed E-state index contributed by atoms with van der Waals surface area (Å²) in [6.45, 7) is 9.25. The Morgan fingerprint density at radius 2 is 2.00 bits per heavy atom. The highest BCUT2D eigenvalue weighted by molar-refractivity contribution is 5.29. The van der Waals surface area contributed by atoms with Gasteiger partial charge in [-0.1, -0.05) is 32.9 Å². The maximum Gasteiger partial charge on any atom is 0.119 e. The number of hydrogen-bond donors (Lipinski definition) is 3. The van der Waals surface area contributed by atoms with Crippen LogP contribution < -0.4 is 20.9 Å². The third kappa shape index (κ3) is 4.47. The molecule has 0 saturated carbocycles. The van der Waals surface area contributed by atoms with E-state index in [4.69, 9.17) is 4.74 Å². The largest absolute Gasteiger partial charge is 0.493 e. The normalized spacial score (nSPS) is 22.4. The van der Waals surface area contributed by atoms with Crippen LogP contribution in [0.3, 0.4) is 0 Å². The number of likely N-dealkylation sites (N-methyl/N-ethyl adjacent to an activating group) is 1. The fraction of sp³-hybridized carbons (Fsp3) is 0.625. The number of nitrogens with one attached hydrogen (secondary N) is 3. The van der Waals surface area contributed by atoms with Gasteiger partial charge in [0.25, 0.3) is 0 Å². The molecular weight excluding hydrogens is 250 g/mol. The fourth-order valence-corrected chi connectivity index (χ4v) is 2.35. The Bertz CT molecular complexity index is 391. The predicted molar refractivity (Wildman–Crippen MR) is 82.7 cm³/mol. The lowest BCUT2D eigenvalue weighted by molar-refractivity contribution is 0.271. The van der Waals surface area contributed by atoms with Crippen molar-refractivity contribution in [1.29, 1.82) is 0 Å². The molecule has 2 rings (SSSR count). The van der Waals surface area contributed by atoms with Crippen LogP contribution in [0, 0.1) is 5.92 Å². The van der Waals surface area contributed by atoms with Crippen LogP contribution in [-0.2, 0) is 0 Å². The van der Waals surface area contributed by atoms with E-state index in [1.54, 1.807) is 0 Å². The van der Waals surface area contributed by atoms with Gasteiger partial charge in [0.1, 0.15) is 5.75 Å². The minimum Gasteiger partial charge on any atom is -0.493 e. The summed E-state index contributed by atoms with van der Waals surface area (Å²) >= 11 is 0. The molecule has 1 aromatic carbocycles. The van der Waals surface area contributed by atoms with Gasteiger partial charge >= 0.3 is 0 Å². The number of ether oxygens (including phenoxy) is 1. The van der Waals surface area contributed by atoms with Crippen molar-refractivity contribution in [2.45, 2.75) is 39.3 Å². The Labute approximate surface area is 122 Å². The minimum atomic E-state index is 0.387. The first-order valence-electron chi connectivity index (χ1n) is 7.63. The zero-order valence-corrected chi connectivity index (χ0v) is 12.8. The summed E-state index contributed by atoms with van der Waals surface area (Å²) in [6, 6.07) is 9.33. The van der Waals surface area contributed by atoms with Crippen LogP contribution in [0.5, 0.6) is 5.75 Å². The van der Waals surface area contributed by atoms with Crippen molar-refractivity contribution in [3.8, 4) is 5.75 Å². The molecule has 2 unspecified atom stereocenters. The molecule has 2 atom stereocenters. The third-order valence-electron chi connectivity index (χ3n) is 3.49. The summed E-state index contributed by atoms with van der Waals surface area (Å²) in [6.07, 6.45) is 1.11. The molecule has 1 aromatic rings. The van der Waals surface area contributed by atoms with Crippen LogP contribution in [0.4, 0.5) is 0 Å². The van der Waals surface area contributed by atoms with Gasteiger partial charge in [-0.3, -0.25) is 5.43 Å². The number of benzene rings is 1. The maximum atomic E-state index is 5.71. The molecular formula is C16H27N3O. The van der Waals surface area contributed by atoms with Crippen LogP contribution in [0.1, 0.15) is 38.8 Å². The number of hydrogen-bond acceptors (Lipinski definition) is 4. The van der Waals surface area contributed by atoms with E-state index in [1.165, 1.54) is 5.56 Å². The summed E-state index contributed by atoms with van der Waals surface area (Å²) in [5.74, 6) is 1.51. The Morgan fingerprint density at radius 3 is 2.65 bits per heavy atom. The van der Waals surface area contributed by atoms with Gasteiger partial charge < -0.3 is 10.1 Å². The first-order valence-corrected chi connectivity index (χ1v) is 7.63. The molecule has 0 spiro atoms. The summed E-state index contributed by atoms with van der Waals surface area (Å²) in [4.78, 5) is 0. The quantitative estimate of drug-likeness (QED) is 0.715. The second-order valence-electron chi connectivity index (χ2n) is 5.86. The molecule has 0 amide bonds. The zero-order chi connectivity index (χ0) is 14.4. The summed E-state index contributed by atoms with van der Waals surface area (Å²) < 4.78 is 5.71. The smallest absolute Gasteiger partial charge is 0.119 e. The van der Waals surface area contributed by atoms with Crippen LogP contribution in [0.15, 0.2) is 24.3 Å². The average molecular weight is 277 g/mol. The molecule has 20 heavy (non-hydrogen) atoms. The van der Waals surface area contributed by atoms with Crippen molar-refractivity contribution in [3.05, 3.63) is 29.8 Å². The second-order valence-corrected chi connectivity index (χ2v) is 5.86. The maximum absolute atomic E-state index is 5.71. The van der Waals surface area contributed by atoms with Gasteiger partial charge in [-0.25, -0.2) is 5.43 Å². The van der Waals surface area contributed by atoms with Crippen LogP contribution in [0.25, 0.3) is 0 Å². The molecule has 0 bridgehead atoms. The molecule has 4 nitrogen and oxygen atoms in total. The predicted octanol–water partition coefficient (Wildman–Crippen LogP) is 2.24. The van der Waals surface area contributed by atoms with E-state index in [9.17, 15) is 0 Å². The van der Waals surface area contributed by atoms with Crippen molar-refractivity contribution in [1.82, 2.24) is 16.2 Å². The van der Waals surface area contributed by atoms with E-state index >= 15 is 0 Å². The van der Waals surface area contributed by atoms with Gasteiger partial charge in [0.2, 0.25) is 0 Å². The number of rotatable bonds is 7. The summed E-state index contributed by atoms with van der Waals surface area (Å²) in [5, 5.41) is 3.38. The van der Waals surface area contributed by atoms with Gasteiger partial charge in [0, 0.05) is 18.6 Å². The van der Waals surface area contributed by atoms with Crippen molar-refractivity contribution in [2.24, 2.45) is 5.92 Å². The molecule has 1 aliphatic rings.